The number of nitrogen functional groups attached to an aromatic ring is 1. The number of aromatic nitrogens is 1. The van der Waals surface area contributed by atoms with Crippen molar-refractivity contribution in [3.8, 4) is 0 Å². The van der Waals surface area contributed by atoms with E-state index in [0.717, 1.165) is 12.8 Å². The standard InChI is InChI=1S/C11H15Cl2N3O/c12-8-6-9(13)11(15-10(8)14)16(4-5-17)7-2-1-3-7/h6-7,17H,1-5H2,(H2,14,15). The van der Waals surface area contributed by atoms with E-state index >= 15 is 0 Å². The molecule has 1 fully saturated rings. The third kappa shape index (κ3) is 2.59. The monoisotopic (exact) mass is 275 g/mol. The second-order valence-corrected chi connectivity index (χ2v) is 4.98. The summed E-state index contributed by atoms with van der Waals surface area (Å²) in [6, 6.07) is 2.00. The lowest BCUT2D eigenvalue weighted by atomic mass is 9.91. The van der Waals surface area contributed by atoms with Crippen LogP contribution in [0, 0.1) is 0 Å². The van der Waals surface area contributed by atoms with E-state index in [2.05, 4.69) is 4.98 Å². The highest BCUT2D eigenvalue weighted by atomic mass is 35.5. The molecule has 0 radical (unpaired) electrons. The van der Waals surface area contributed by atoms with Crippen molar-refractivity contribution in [2.75, 3.05) is 23.8 Å². The van der Waals surface area contributed by atoms with E-state index in [1.807, 2.05) is 4.90 Å². The molecule has 3 N–H and O–H groups in total. The largest absolute Gasteiger partial charge is 0.395 e. The summed E-state index contributed by atoms with van der Waals surface area (Å²) in [5.41, 5.74) is 5.69. The van der Waals surface area contributed by atoms with Gasteiger partial charge in [-0.15, -0.1) is 0 Å². The molecule has 1 aliphatic rings. The zero-order chi connectivity index (χ0) is 12.4. The number of halogens is 2. The minimum absolute atomic E-state index is 0.0665. The van der Waals surface area contributed by atoms with Crippen LogP contribution in [0.3, 0.4) is 0 Å². The predicted octanol–water partition coefficient (Wildman–Crippen LogP) is 2.32. The Morgan fingerprint density at radius 1 is 1.41 bits per heavy atom. The maximum Gasteiger partial charge on any atom is 0.150 e. The summed E-state index contributed by atoms with van der Waals surface area (Å²) in [5.74, 6) is 0.889. The molecule has 0 atom stereocenters. The predicted molar refractivity (Wildman–Crippen MR) is 70.7 cm³/mol. The number of rotatable bonds is 4. The van der Waals surface area contributed by atoms with Gasteiger partial charge in [-0.2, -0.15) is 0 Å². The molecular formula is C11H15Cl2N3O. The van der Waals surface area contributed by atoms with Gasteiger partial charge in [-0.05, 0) is 25.3 Å². The molecule has 1 saturated carbocycles. The highest BCUT2D eigenvalue weighted by molar-refractivity contribution is 6.37. The van der Waals surface area contributed by atoms with Gasteiger partial charge in [-0.1, -0.05) is 23.2 Å². The third-order valence-corrected chi connectivity index (χ3v) is 3.65. The number of nitrogens with zero attached hydrogens (tertiary/aromatic N) is 2. The van der Waals surface area contributed by atoms with Gasteiger partial charge in [0.1, 0.15) is 11.6 Å². The van der Waals surface area contributed by atoms with Crippen molar-refractivity contribution >= 4 is 34.8 Å². The van der Waals surface area contributed by atoms with Gasteiger partial charge < -0.3 is 15.7 Å². The number of aliphatic hydroxyl groups is 1. The molecule has 6 heteroatoms. The fraction of sp³-hybridized carbons (Fsp3) is 0.545. The van der Waals surface area contributed by atoms with Gasteiger partial charge in [0.2, 0.25) is 0 Å². The maximum absolute atomic E-state index is 9.11. The lowest BCUT2D eigenvalue weighted by molar-refractivity contribution is 0.283. The Balaban J connectivity index is 2.31. The smallest absolute Gasteiger partial charge is 0.150 e. The van der Waals surface area contributed by atoms with Crippen LogP contribution in [0.2, 0.25) is 10.0 Å². The zero-order valence-corrected chi connectivity index (χ0v) is 10.9. The first-order valence-electron chi connectivity index (χ1n) is 5.62. The van der Waals surface area contributed by atoms with Gasteiger partial charge in [0.05, 0.1) is 16.7 Å². The molecule has 1 aromatic rings. The van der Waals surface area contributed by atoms with Crippen LogP contribution >= 0.6 is 23.2 Å². The normalized spacial score (nSPS) is 15.7. The van der Waals surface area contributed by atoms with Gasteiger partial charge in [0.25, 0.3) is 0 Å². The molecule has 1 heterocycles. The summed E-state index contributed by atoms with van der Waals surface area (Å²) in [7, 11) is 0. The van der Waals surface area contributed by atoms with E-state index in [9.17, 15) is 0 Å². The highest BCUT2D eigenvalue weighted by Gasteiger charge is 2.27. The average Bonchev–Trinajstić information content (AvgIpc) is 2.20. The van der Waals surface area contributed by atoms with Gasteiger partial charge >= 0.3 is 0 Å². The van der Waals surface area contributed by atoms with Crippen molar-refractivity contribution in [3.63, 3.8) is 0 Å². The number of nitrogens with two attached hydrogens (primary N) is 1. The van der Waals surface area contributed by atoms with Crippen molar-refractivity contribution in [1.82, 2.24) is 4.98 Å². The van der Waals surface area contributed by atoms with E-state index in [1.165, 1.54) is 6.42 Å². The molecular weight excluding hydrogens is 261 g/mol. The Hall–Kier alpha value is -0.710. The van der Waals surface area contributed by atoms with E-state index in [1.54, 1.807) is 6.07 Å². The number of anilines is 2. The van der Waals surface area contributed by atoms with E-state index in [-0.39, 0.29) is 12.4 Å². The SMILES string of the molecule is Nc1nc(N(CCO)C2CCC2)c(Cl)cc1Cl. The van der Waals surface area contributed by atoms with Crippen LogP contribution in [0.4, 0.5) is 11.6 Å². The lowest BCUT2D eigenvalue weighted by Gasteiger charge is -2.38. The molecule has 94 valence electrons. The van der Waals surface area contributed by atoms with Crippen LogP contribution in [0.1, 0.15) is 19.3 Å². The topological polar surface area (TPSA) is 62.4 Å². The van der Waals surface area contributed by atoms with Crippen LogP contribution in [-0.2, 0) is 0 Å². The number of hydrogen-bond acceptors (Lipinski definition) is 4. The Morgan fingerprint density at radius 2 is 2.12 bits per heavy atom. The van der Waals surface area contributed by atoms with E-state index in [4.69, 9.17) is 34.0 Å². The summed E-state index contributed by atoms with van der Waals surface area (Å²) in [6.45, 7) is 0.579. The number of pyridine rings is 1. The summed E-state index contributed by atoms with van der Waals surface area (Å²) in [5, 5.41) is 9.95. The lowest BCUT2D eigenvalue weighted by Crippen LogP contribution is -2.42. The summed E-state index contributed by atoms with van der Waals surface area (Å²) < 4.78 is 0. The van der Waals surface area contributed by atoms with Crippen LogP contribution in [0.5, 0.6) is 0 Å². The summed E-state index contributed by atoms with van der Waals surface area (Å²) in [6.07, 6.45) is 3.40. The maximum atomic E-state index is 9.11. The highest BCUT2D eigenvalue weighted by Crippen LogP contribution is 2.35. The van der Waals surface area contributed by atoms with Crippen LogP contribution in [-0.4, -0.2) is 29.3 Å². The van der Waals surface area contributed by atoms with Crippen molar-refractivity contribution < 1.29 is 5.11 Å². The van der Waals surface area contributed by atoms with Crippen LogP contribution < -0.4 is 10.6 Å². The Labute approximate surface area is 110 Å². The Bertz CT molecular complexity index is 410. The van der Waals surface area contributed by atoms with Gasteiger partial charge in [0.15, 0.2) is 0 Å². The first kappa shape index (κ1) is 12.7. The second kappa shape index (κ2) is 5.29. The molecule has 0 aromatic carbocycles. The Morgan fingerprint density at radius 3 is 2.65 bits per heavy atom. The molecule has 0 unspecified atom stereocenters. The molecule has 4 nitrogen and oxygen atoms in total. The van der Waals surface area contributed by atoms with Crippen molar-refractivity contribution in [2.45, 2.75) is 25.3 Å². The molecule has 0 aliphatic heterocycles. The molecule has 0 saturated heterocycles. The molecule has 1 aliphatic carbocycles. The Kier molecular flexibility index (Phi) is 3.97. The zero-order valence-electron chi connectivity index (χ0n) is 9.37. The fourth-order valence-corrected chi connectivity index (χ4v) is 2.41. The first-order chi connectivity index (χ1) is 8.13. The number of aliphatic hydroxyl groups excluding tert-OH is 1. The molecule has 0 bridgehead atoms. The van der Waals surface area contributed by atoms with Gasteiger partial charge in [-0.3, -0.25) is 0 Å². The number of hydrogen-bond donors (Lipinski definition) is 2. The molecule has 1 aromatic heterocycles. The molecule has 17 heavy (non-hydrogen) atoms. The average molecular weight is 276 g/mol. The minimum atomic E-state index is 0.0665. The van der Waals surface area contributed by atoms with E-state index < -0.39 is 0 Å². The summed E-state index contributed by atoms with van der Waals surface area (Å²) >= 11 is 12.0. The summed E-state index contributed by atoms with van der Waals surface area (Å²) in [4.78, 5) is 6.24. The van der Waals surface area contributed by atoms with Gasteiger partial charge in [-0.25, -0.2) is 4.98 Å². The first-order valence-corrected chi connectivity index (χ1v) is 6.38. The quantitative estimate of drug-likeness (QED) is 0.886. The molecule has 0 amide bonds. The molecule has 2 rings (SSSR count). The van der Waals surface area contributed by atoms with Crippen LogP contribution in [0.25, 0.3) is 0 Å². The van der Waals surface area contributed by atoms with Crippen molar-refractivity contribution in [1.29, 1.82) is 0 Å². The molecule has 0 spiro atoms. The van der Waals surface area contributed by atoms with Crippen molar-refractivity contribution in [2.24, 2.45) is 0 Å². The van der Waals surface area contributed by atoms with Crippen LogP contribution in [0.15, 0.2) is 6.07 Å². The second-order valence-electron chi connectivity index (χ2n) is 4.16. The van der Waals surface area contributed by atoms with Gasteiger partial charge in [0, 0.05) is 12.6 Å². The fourth-order valence-electron chi connectivity index (χ4n) is 1.94. The van der Waals surface area contributed by atoms with E-state index in [0.29, 0.717) is 28.4 Å². The minimum Gasteiger partial charge on any atom is -0.395 e. The third-order valence-electron chi connectivity index (χ3n) is 3.07. The van der Waals surface area contributed by atoms with Crippen molar-refractivity contribution in [3.05, 3.63) is 16.1 Å².